The van der Waals surface area contributed by atoms with Gasteiger partial charge < -0.3 is 10.6 Å². The lowest BCUT2D eigenvalue weighted by Gasteiger charge is -2.06. The monoisotopic (exact) mass is 180 g/mol. The van der Waals surface area contributed by atoms with Crippen LogP contribution in [0.4, 0.5) is 11.5 Å². The average molecular weight is 180 g/mol. The molecule has 0 bridgehead atoms. The molecule has 1 atom stereocenters. The van der Waals surface area contributed by atoms with Gasteiger partial charge in [0.05, 0.1) is 5.69 Å². The SMILES string of the molecule is Cc1[nH]nc2c1NC(=O)CC(C)N2. The van der Waals surface area contributed by atoms with Crippen molar-refractivity contribution in [1.82, 2.24) is 10.2 Å². The highest BCUT2D eigenvalue weighted by molar-refractivity contribution is 5.96. The molecule has 70 valence electrons. The maximum atomic E-state index is 11.3. The number of rotatable bonds is 0. The number of aryl methyl sites for hydroxylation is 1. The van der Waals surface area contributed by atoms with Crippen LogP contribution in [0.1, 0.15) is 19.0 Å². The van der Waals surface area contributed by atoms with E-state index in [0.29, 0.717) is 6.42 Å². The standard InChI is InChI=1S/C8H12N4O/c1-4-3-6(13)10-7-5(2)11-12-8(7)9-4/h4H,3H2,1-2H3,(H,10,13)(H2,9,11,12). The lowest BCUT2D eigenvalue weighted by Crippen LogP contribution is -2.19. The third kappa shape index (κ3) is 1.37. The Bertz CT molecular complexity index is 344. The maximum absolute atomic E-state index is 11.3. The molecule has 0 fully saturated rings. The molecule has 1 aromatic rings. The van der Waals surface area contributed by atoms with Gasteiger partial charge in [0.2, 0.25) is 5.91 Å². The van der Waals surface area contributed by atoms with Gasteiger partial charge in [-0.25, -0.2) is 0 Å². The minimum absolute atomic E-state index is 0.0308. The van der Waals surface area contributed by atoms with Crippen LogP contribution in [0.15, 0.2) is 0 Å². The molecular weight excluding hydrogens is 168 g/mol. The molecule has 2 heterocycles. The van der Waals surface area contributed by atoms with Gasteiger partial charge in [0.25, 0.3) is 0 Å². The van der Waals surface area contributed by atoms with Crippen LogP contribution in [-0.4, -0.2) is 22.1 Å². The molecule has 0 radical (unpaired) electrons. The Morgan fingerprint density at radius 3 is 3.08 bits per heavy atom. The molecule has 3 N–H and O–H groups in total. The number of amides is 1. The normalized spacial score (nSPS) is 21.4. The van der Waals surface area contributed by atoms with E-state index in [4.69, 9.17) is 0 Å². The summed E-state index contributed by atoms with van der Waals surface area (Å²) in [5.74, 6) is 0.763. The summed E-state index contributed by atoms with van der Waals surface area (Å²) in [7, 11) is 0. The molecular formula is C8H12N4O. The number of carbonyl (C=O) groups is 1. The van der Waals surface area contributed by atoms with E-state index in [9.17, 15) is 4.79 Å². The van der Waals surface area contributed by atoms with Crippen molar-refractivity contribution in [2.45, 2.75) is 26.3 Å². The van der Waals surface area contributed by atoms with Crippen molar-refractivity contribution < 1.29 is 4.79 Å². The number of hydrogen-bond acceptors (Lipinski definition) is 3. The van der Waals surface area contributed by atoms with Crippen molar-refractivity contribution in [2.24, 2.45) is 0 Å². The van der Waals surface area contributed by atoms with Crippen LogP contribution in [-0.2, 0) is 4.79 Å². The summed E-state index contributed by atoms with van der Waals surface area (Å²) in [5, 5.41) is 12.8. The minimum atomic E-state index is 0.0308. The number of nitrogens with zero attached hydrogens (tertiary/aromatic N) is 1. The van der Waals surface area contributed by atoms with Gasteiger partial charge in [-0.15, -0.1) is 0 Å². The molecule has 5 nitrogen and oxygen atoms in total. The van der Waals surface area contributed by atoms with Crippen LogP contribution in [0, 0.1) is 6.92 Å². The summed E-state index contributed by atoms with van der Waals surface area (Å²) < 4.78 is 0. The van der Waals surface area contributed by atoms with Gasteiger partial charge in [-0.2, -0.15) is 5.10 Å². The molecule has 0 saturated heterocycles. The molecule has 0 aromatic carbocycles. The van der Waals surface area contributed by atoms with E-state index in [1.54, 1.807) is 0 Å². The first kappa shape index (κ1) is 8.10. The fourth-order valence-electron chi connectivity index (χ4n) is 1.44. The molecule has 2 rings (SSSR count). The van der Waals surface area contributed by atoms with Crippen molar-refractivity contribution in [3.63, 3.8) is 0 Å². The highest BCUT2D eigenvalue weighted by Gasteiger charge is 2.20. The van der Waals surface area contributed by atoms with Gasteiger partial charge in [0, 0.05) is 12.5 Å². The van der Waals surface area contributed by atoms with Gasteiger partial charge in [-0.1, -0.05) is 0 Å². The van der Waals surface area contributed by atoms with Gasteiger partial charge in [-0.3, -0.25) is 9.89 Å². The zero-order valence-corrected chi connectivity index (χ0v) is 7.64. The summed E-state index contributed by atoms with van der Waals surface area (Å²) in [6.07, 6.45) is 0.482. The van der Waals surface area contributed by atoms with Crippen LogP contribution < -0.4 is 10.6 Å². The van der Waals surface area contributed by atoms with E-state index < -0.39 is 0 Å². The molecule has 1 amide bonds. The number of aromatic amines is 1. The van der Waals surface area contributed by atoms with E-state index in [1.165, 1.54) is 0 Å². The molecule has 5 heteroatoms. The van der Waals surface area contributed by atoms with Crippen LogP contribution >= 0.6 is 0 Å². The quantitative estimate of drug-likeness (QED) is 0.554. The first-order valence-electron chi connectivity index (χ1n) is 4.28. The Morgan fingerprint density at radius 2 is 2.31 bits per heavy atom. The number of H-pyrrole nitrogens is 1. The maximum Gasteiger partial charge on any atom is 0.226 e. The van der Waals surface area contributed by atoms with Gasteiger partial charge in [0.1, 0.15) is 5.69 Å². The second-order valence-corrected chi connectivity index (χ2v) is 3.37. The topological polar surface area (TPSA) is 69.8 Å². The highest BCUT2D eigenvalue weighted by atomic mass is 16.1. The highest BCUT2D eigenvalue weighted by Crippen LogP contribution is 2.26. The largest absolute Gasteiger partial charge is 0.364 e. The lowest BCUT2D eigenvalue weighted by atomic mass is 10.2. The van der Waals surface area contributed by atoms with E-state index in [-0.39, 0.29) is 11.9 Å². The van der Waals surface area contributed by atoms with Crippen molar-refractivity contribution in [1.29, 1.82) is 0 Å². The van der Waals surface area contributed by atoms with Crippen molar-refractivity contribution in [2.75, 3.05) is 10.6 Å². The Kier molecular flexibility index (Phi) is 1.72. The Hall–Kier alpha value is -1.52. The fourth-order valence-corrected chi connectivity index (χ4v) is 1.44. The van der Waals surface area contributed by atoms with Crippen LogP contribution in [0.3, 0.4) is 0 Å². The first-order valence-corrected chi connectivity index (χ1v) is 4.28. The molecule has 0 spiro atoms. The van der Waals surface area contributed by atoms with Gasteiger partial charge in [0.15, 0.2) is 5.82 Å². The summed E-state index contributed by atoms with van der Waals surface area (Å²) in [6.45, 7) is 3.84. The van der Waals surface area contributed by atoms with Crippen LogP contribution in [0.2, 0.25) is 0 Å². The third-order valence-corrected chi connectivity index (χ3v) is 2.09. The third-order valence-electron chi connectivity index (χ3n) is 2.09. The molecule has 0 saturated carbocycles. The summed E-state index contributed by atoms with van der Waals surface area (Å²) in [4.78, 5) is 11.3. The van der Waals surface area contributed by atoms with Crippen molar-refractivity contribution >= 4 is 17.4 Å². The number of nitrogens with one attached hydrogen (secondary N) is 3. The lowest BCUT2D eigenvalue weighted by molar-refractivity contribution is -0.116. The van der Waals surface area contributed by atoms with Crippen molar-refractivity contribution in [3.05, 3.63) is 5.69 Å². The Morgan fingerprint density at radius 1 is 1.54 bits per heavy atom. The average Bonchev–Trinajstić information content (AvgIpc) is 2.32. The number of anilines is 2. The van der Waals surface area contributed by atoms with Crippen LogP contribution in [0.5, 0.6) is 0 Å². The van der Waals surface area contributed by atoms with Crippen molar-refractivity contribution in [3.8, 4) is 0 Å². The molecule has 1 aliphatic heterocycles. The number of fused-ring (bicyclic) bond motifs is 1. The Balaban J connectivity index is 2.39. The molecule has 1 unspecified atom stereocenters. The molecule has 1 aliphatic rings. The first-order chi connectivity index (χ1) is 6.16. The van der Waals surface area contributed by atoms with E-state index in [1.807, 2.05) is 13.8 Å². The Labute approximate surface area is 75.9 Å². The van der Waals surface area contributed by atoms with E-state index >= 15 is 0 Å². The number of aromatic nitrogens is 2. The minimum Gasteiger partial charge on any atom is -0.364 e. The predicted octanol–water partition coefficient (Wildman–Crippen LogP) is 0.861. The second-order valence-electron chi connectivity index (χ2n) is 3.37. The second kappa shape index (κ2) is 2.76. The van der Waals surface area contributed by atoms with Crippen LogP contribution in [0.25, 0.3) is 0 Å². The summed E-state index contributed by atoms with van der Waals surface area (Å²) >= 11 is 0. The summed E-state index contributed by atoms with van der Waals surface area (Å²) in [6, 6.07) is 0.129. The molecule has 13 heavy (non-hydrogen) atoms. The molecule has 0 aliphatic carbocycles. The van der Waals surface area contributed by atoms with E-state index in [2.05, 4.69) is 20.8 Å². The number of carbonyl (C=O) groups excluding carboxylic acids is 1. The fraction of sp³-hybridized carbons (Fsp3) is 0.500. The molecule has 1 aromatic heterocycles. The summed E-state index contributed by atoms with van der Waals surface area (Å²) in [5.41, 5.74) is 1.65. The van der Waals surface area contributed by atoms with E-state index in [0.717, 1.165) is 17.2 Å². The van der Waals surface area contributed by atoms with Gasteiger partial charge >= 0.3 is 0 Å². The number of hydrogen-bond donors (Lipinski definition) is 3. The van der Waals surface area contributed by atoms with Gasteiger partial charge in [-0.05, 0) is 13.8 Å². The smallest absolute Gasteiger partial charge is 0.226 e. The zero-order chi connectivity index (χ0) is 9.42. The predicted molar refractivity (Wildman–Crippen MR) is 49.7 cm³/mol. The zero-order valence-electron chi connectivity index (χ0n) is 7.64.